The number of hydrogen-bond donors (Lipinski definition) is 0. The largest absolute Gasteiger partial charge is 0.417 e. The summed E-state index contributed by atoms with van der Waals surface area (Å²) in [5.41, 5.74) is -0.738. The number of thioether (sulfide) groups is 1. The molecule has 1 fully saturated rings. The van der Waals surface area contributed by atoms with Gasteiger partial charge < -0.3 is 4.90 Å². The number of carbonyl (C=O) groups excluding carboxylic acids is 1. The van der Waals surface area contributed by atoms with E-state index >= 15 is 0 Å². The van der Waals surface area contributed by atoms with E-state index in [-0.39, 0.29) is 26.4 Å². The van der Waals surface area contributed by atoms with E-state index in [1.807, 2.05) is 13.8 Å². The van der Waals surface area contributed by atoms with E-state index in [2.05, 4.69) is 15.9 Å². The van der Waals surface area contributed by atoms with E-state index in [0.717, 1.165) is 6.07 Å². The van der Waals surface area contributed by atoms with E-state index in [0.29, 0.717) is 13.1 Å². The van der Waals surface area contributed by atoms with Gasteiger partial charge in [0.1, 0.15) is 0 Å². The van der Waals surface area contributed by atoms with Gasteiger partial charge in [0.05, 0.1) is 5.56 Å². The van der Waals surface area contributed by atoms with Gasteiger partial charge in [0.25, 0.3) is 5.91 Å². The molecule has 0 spiro atoms. The Morgan fingerprint density at radius 3 is 2.38 bits per heavy atom. The molecule has 0 radical (unpaired) electrons. The molecule has 2 unspecified atom stereocenters. The van der Waals surface area contributed by atoms with Crippen molar-refractivity contribution in [1.82, 2.24) is 4.90 Å². The zero-order valence-corrected chi connectivity index (χ0v) is 14.0. The number of rotatable bonds is 1. The molecule has 21 heavy (non-hydrogen) atoms. The maximum Gasteiger partial charge on any atom is 0.417 e. The summed E-state index contributed by atoms with van der Waals surface area (Å²) in [5, 5.41) is 0.575. The molecule has 0 aromatic heterocycles. The Labute approximate surface area is 134 Å². The molecule has 1 aromatic carbocycles. The monoisotopic (exact) mass is 381 g/mol. The van der Waals surface area contributed by atoms with E-state index in [9.17, 15) is 18.0 Å². The molecule has 116 valence electrons. The van der Waals surface area contributed by atoms with Crippen molar-refractivity contribution in [2.24, 2.45) is 0 Å². The molecule has 1 aliphatic rings. The Morgan fingerprint density at radius 2 is 1.86 bits per heavy atom. The van der Waals surface area contributed by atoms with Gasteiger partial charge in [-0.2, -0.15) is 24.9 Å². The van der Waals surface area contributed by atoms with Crippen LogP contribution < -0.4 is 0 Å². The summed E-state index contributed by atoms with van der Waals surface area (Å²) in [7, 11) is 0. The van der Waals surface area contributed by atoms with Crippen molar-refractivity contribution in [2.45, 2.75) is 30.5 Å². The Morgan fingerprint density at radius 1 is 1.29 bits per heavy atom. The number of hydrogen-bond acceptors (Lipinski definition) is 2. The first-order valence-electron chi connectivity index (χ1n) is 6.50. The van der Waals surface area contributed by atoms with Crippen LogP contribution in [-0.4, -0.2) is 34.4 Å². The zero-order chi connectivity index (χ0) is 15.8. The van der Waals surface area contributed by atoms with Crippen LogP contribution in [0.3, 0.4) is 0 Å². The highest BCUT2D eigenvalue weighted by Gasteiger charge is 2.34. The molecule has 1 heterocycles. The smallest absolute Gasteiger partial charge is 0.336 e. The number of amides is 1. The molecular weight excluding hydrogens is 367 g/mol. The highest BCUT2D eigenvalue weighted by molar-refractivity contribution is 9.10. The zero-order valence-electron chi connectivity index (χ0n) is 11.6. The van der Waals surface area contributed by atoms with Crippen LogP contribution in [0.25, 0.3) is 0 Å². The molecule has 1 aromatic rings. The van der Waals surface area contributed by atoms with Crippen molar-refractivity contribution in [3.63, 3.8) is 0 Å². The van der Waals surface area contributed by atoms with Gasteiger partial charge in [-0.1, -0.05) is 29.8 Å². The van der Waals surface area contributed by atoms with Gasteiger partial charge in [-0.15, -0.1) is 0 Å². The summed E-state index contributed by atoms with van der Waals surface area (Å²) in [6, 6.07) is 3.63. The van der Waals surface area contributed by atoms with Crippen LogP contribution in [0.4, 0.5) is 13.2 Å². The first kappa shape index (κ1) is 16.7. The molecule has 0 aliphatic carbocycles. The second-order valence-corrected chi connectivity index (χ2v) is 7.90. The Kier molecular flexibility index (Phi) is 4.92. The molecule has 2 nitrogen and oxygen atoms in total. The van der Waals surface area contributed by atoms with Crippen molar-refractivity contribution >= 4 is 33.6 Å². The van der Waals surface area contributed by atoms with Gasteiger partial charge in [0.15, 0.2) is 0 Å². The maximum atomic E-state index is 12.9. The number of carbonyl (C=O) groups is 1. The Balaban J connectivity index is 2.27. The quantitative estimate of drug-likeness (QED) is 0.716. The molecule has 0 bridgehead atoms. The SMILES string of the molecule is CC1CN(C(=O)c2ccc(Br)c(C(F)(F)F)c2)CC(C)S1. The predicted octanol–water partition coefficient (Wildman–Crippen LogP) is 4.43. The molecule has 0 N–H and O–H groups in total. The van der Waals surface area contributed by atoms with Crippen molar-refractivity contribution in [2.75, 3.05) is 13.1 Å². The lowest BCUT2D eigenvalue weighted by molar-refractivity contribution is -0.138. The third-order valence-corrected chi connectivity index (χ3v) is 5.14. The lowest BCUT2D eigenvalue weighted by Crippen LogP contribution is -2.44. The molecule has 7 heteroatoms. The lowest BCUT2D eigenvalue weighted by Gasteiger charge is -2.34. The summed E-state index contributed by atoms with van der Waals surface area (Å²) in [6.45, 7) is 5.16. The highest BCUT2D eigenvalue weighted by Crippen LogP contribution is 2.35. The fourth-order valence-corrected chi connectivity index (χ4v) is 4.20. The van der Waals surface area contributed by atoms with E-state index in [4.69, 9.17) is 0 Å². The molecule has 1 aliphatic heterocycles. The number of halogens is 4. The third-order valence-electron chi connectivity index (χ3n) is 3.23. The van der Waals surface area contributed by atoms with Gasteiger partial charge in [0.2, 0.25) is 0 Å². The molecule has 0 saturated carbocycles. The van der Waals surface area contributed by atoms with E-state index in [1.165, 1.54) is 12.1 Å². The van der Waals surface area contributed by atoms with Gasteiger partial charge in [-0.05, 0) is 18.2 Å². The molecular formula is C14H15BrF3NOS. The predicted molar refractivity (Wildman–Crippen MR) is 81.6 cm³/mol. The van der Waals surface area contributed by atoms with Gasteiger partial charge in [-0.3, -0.25) is 4.79 Å². The topological polar surface area (TPSA) is 20.3 Å². The maximum absolute atomic E-state index is 12.9. The Bertz CT molecular complexity index is 540. The van der Waals surface area contributed by atoms with Gasteiger partial charge in [0, 0.05) is 33.6 Å². The van der Waals surface area contributed by atoms with Crippen molar-refractivity contribution in [1.29, 1.82) is 0 Å². The second-order valence-electron chi connectivity index (χ2n) is 5.16. The first-order chi connectivity index (χ1) is 9.68. The molecule has 2 rings (SSSR count). The first-order valence-corrected chi connectivity index (χ1v) is 8.23. The molecule has 1 amide bonds. The van der Waals surface area contributed by atoms with Crippen molar-refractivity contribution in [3.8, 4) is 0 Å². The van der Waals surface area contributed by atoms with Gasteiger partial charge in [-0.25, -0.2) is 0 Å². The fraction of sp³-hybridized carbons (Fsp3) is 0.500. The molecule has 2 atom stereocenters. The Hall–Kier alpha value is -0.690. The second kappa shape index (κ2) is 6.20. The average Bonchev–Trinajstić information content (AvgIpc) is 2.36. The summed E-state index contributed by atoms with van der Waals surface area (Å²) >= 11 is 4.67. The highest BCUT2D eigenvalue weighted by atomic mass is 79.9. The van der Waals surface area contributed by atoms with E-state index in [1.54, 1.807) is 16.7 Å². The summed E-state index contributed by atoms with van der Waals surface area (Å²) in [5.74, 6) is -0.341. The summed E-state index contributed by atoms with van der Waals surface area (Å²) in [6.07, 6.45) is -4.48. The number of benzene rings is 1. The van der Waals surface area contributed by atoms with Crippen LogP contribution in [-0.2, 0) is 6.18 Å². The molecule has 1 saturated heterocycles. The summed E-state index contributed by atoms with van der Waals surface area (Å²) < 4.78 is 38.6. The summed E-state index contributed by atoms with van der Waals surface area (Å²) in [4.78, 5) is 14.0. The van der Waals surface area contributed by atoms with Crippen LogP contribution in [0.5, 0.6) is 0 Å². The normalized spacial score (nSPS) is 23.2. The minimum atomic E-state index is -4.48. The van der Waals surface area contributed by atoms with Crippen molar-refractivity contribution < 1.29 is 18.0 Å². The van der Waals surface area contributed by atoms with Crippen LogP contribution >= 0.6 is 27.7 Å². The number of nitrogens with zero attached hydrogens (tertiary/aromatic N) is 1. The number of alkyl halides is 3. The standard InChI is InChI=1S/C14H15BrF3NOS/c1-8-6-19(7-9(2)21-8)13(20)10-3-4-12(15)11(5-10)14(16,17)18/h3-5,8-9H,6-7H2,1-2H3. The minimum absolute atomic E-state index is 0.0533. The lowest BCUT2D eigenvalue weighted by atomic mass is 10.1. The van der Waals surface area contributed by atoms with Crippen molar-refractivity contribution in [3.05, 3.63) is 33.8 Å². The van der Waals surface area contributed by atoms with Crippen LogP contribution in [0.15, 0.2) is 22.7 Å². The van der Waals surface area contributed by atoms with E-state index < -0.39 is 11.7 Å². The van der Waals surface area contributed by atoms with Gasteiger partial charge >= 0.3 is 6.18 Å². The third kappa shape index (κ3) is 3.94. The van der Waals surface area contributed by atoms with Crippen LogP contribution in [0.2, 0.25) is 0 Å². The van der Waals surface area contributed by atoms with Crippen LogP contribution in [0, 0.1) is 0 Å². The fourth-order valence-electron chi connectivity index (χ4n) is 2.40. The average molecular weight is 382 g/mol. The van der Waals surface area contributed by atoms with Crippen LogP contribution in [0.1, 0.15) is 29.8 Å². The minimum Gasteiger partial charge on any atom is -0.336 e.